The van der Waals surface area contributed by atoms with Crippen LogP contribution in [0.3, 0.4) is 0 Å². The van der Waals surface area contributed by atoms with Crippen molar-refractivity contribution < 1.29 is 13.2 Å². The third-order valence-electron chi connectivity index (χ3n) is 3.92. The van der Waals surface area contributed by atoms with Gasteiger partial charge < -0.3 is 5.32 Å². The largest absolute Gasteiger partial charge is 0.326 e. The van der Waals surface area contributed by atoms with Crippen LogP contribution >= 0.6 is 11.3 Å². The third-order valence-corrected chi connectivity index (χ3v) is 7.15. The fourth-order valence-corrected chi connectivity index (χ4v) is 4.66. The zero-order chi connectivity index (χ0) is 17.7. The highest BCUT2D eigenvalue weighted by molar-refractivity contribution is 7.91. The SMILES string of the molecule is Cc1cccc(NC(=O)CCCN(C)S(=O)(=O)c2cccs2)c1C. The molecule has 0 aliphatic rings. The maximum Gasteiger partial charge on any atom is 0.252 e. The molecule has 0 saturated heterocycles. The molecule has 0 bridgehead atoms. The number of sulfonamides is 1. The summed E-state index contributed by atoms with van der Waals surface area (Å²) in [6.07, 6.45) is 0.746. The second kappa shape index (κ2) is 7.92. The van der Waals surface area contributed by atoms with Crippen LogP contribution in [0.1, 0.15) is 24.0 Å². The van der Waals surface area contributed by atoms with Crippen molar-refractivity contribution in [1.29, 1.82) is 0 Å². The molecule has 5 nitrogen and oxygen atoms in total. The van der Waals surface area contributed by atoms with E-state index in [9.17, 15) is 13.2 Å². The Morgan fingerprint density at radius 3 is 2.62 bits per heavy atom. The van der Waals surface area contributed by atoms with E-state index in [1.165, 1.54) is 22.7 Å². The van der Waals surface area contributed by atoms with Gasteiger partial charge >= 0.3 is 0 Å². The smallest absolute Gasteiger partial charge is 0.252 e. The van der Waals surface area contributed by atoms with Crippen molar-refractivity contribution in [3.8, 4) is 0 Å². The van der Waals surface area contributed by atoms with Gasteiger partial charge in [0.25, 0.3) is 10.0 Å². The van der Waals surface area contributed by atoms with Crippen molar-refractivity contribution in [2.45, 2.75) is 30.9 Å². The first kappa shape index (κ1) is 18.6. The predicted octanol–water partition coefficient (Wildman–Crippen LogP) is 3.40. The lowest BCUT2D eigenvalue weighted by Gasteiger charge is -2.16. The number of carbonyl (C=O) groups is 1. The van der Waals surface area contributed by atoms with E-state index in [2.05, 4.69) is 5.32 Å². The van der Waals surface area contributed by atoms with Gasteiger partial charge in [0.15, 0.2) is 0 Å². The lowest BCUT2D eigenvalue weighted by atomic mass is 10.1. The van der Waals surface area contributed by atoms with Gasteiger partial charge in [0.1, 0.15) is 4.21 Å². The maximum atomic E-state index is 12.3. The van der Waals surface area contributed by atoms with E-state index in [-0.39, 0.29) is 12.3 Å². The van der Waals surface area contributed by atoms with Crippen LogP contribution in [0.25, 0.3) is 0 Å². The average molecular weight is 367 g/mol. The molecule has 0 spiro atoms. The van der Waals surface area contributed by atoms with Gasteiger partial charge in [0, 0.05) is 25.7 Å². The first-order chi connectivity index (χ1) is 11.3. The van der Waals surface area contributed by atoms with E-state index in [0.29, 0.717) is 17.2 Å². The highest BCUT2D eigenvalue weighted by Gasteiger charge is 2.21. The van der Waals surface area contributed by atoms with E-state index in [1.807, 2.05) is 32.0 Å². The molecule has 0 radical (unpaired) electrons. The number of nitrogens with one attached hydrogen (secondary N) is 1. The van der Waals surface area contributed by atoms with Crippen LogP contribution in [0, 0.1) is 13.8 Å². The summed E-state index contributed by atoms with van der Waals surface area (Å²) in [5, 5.41) is 4.62. The Balaban J connectivity index is 1.85. The Bertz CT molecular complexity index is 799. The molecule has 0 aliphatic carbocycles. The molecule has 1 amide bonds. The van der Waals surface area contributed by atoms with Crippen molar-refractivity contribution in [3.05, 3.63) is 46.8 Å². The van der Waals surface area contributed by atoms with Gasteiger partial charge in [-0.3, -0.25) is 4.79 Å². The summed E-state index contributed by atoms with van der Waals surface area (Å²) in [4.78, 5) is 12.1. The molecule has 1 aromatic heterocycles. The minimum Gasteiger partial charge on any atom is -0.326 e. The molecule has 130 valence electrons. The molecule has 0 fully saturated rings. The fourth-order valence-electron chi connectivity index (χ4n) is 2.25. The van der Waals surface area contributed by atoms with Crippen LogP contribution in [0.2, 0.25) is 0 Å². The molecule has 2 aromatic rings. The van der Waals surface area contributed by atoms with Crippen molar-refractivity contribution in [2.24, 2.45) is 0 Å². The average Bonchev–Trinajstić information content (AvgIpc) is 3.07. The predicted molar refractivity (Wildman–Crippen MR) is 97.9 cm³/mol. The monoisotopic (exact) mass is 366 g/mol. The standard InChI is InChI=1S/C17H22N2O3S2/c1-13-7-4-8-15(14(13)2)18-16(20)9-5-11-19(3)24(21,22)17-10-6-12-23-17/h4,6-8,10,12H,5,9,11H2,1-3H3,(H,18,20). The second-order valence-corrected chi connectivity index (χ2v) is 8.88. The van der Waals surface area contributed by atoms with Crippen molar-refractivity contribution >= 4 is 33.0 Å². The maximum absolute atomic E-state index is 12.3. The molecular formula is C17H22N2O3S2. The van der Waals surface area contributed by atoms with Crippen LogP contribution in [0.15, 0.2) is 39.9 Å². The van der Waals surface area contributed by atoms with Crippen LogP contribution < -0.4 is 5.32 Å². The Hall–Kier alpha value is -1.70. The normalized spacial score (nSPS) is 11.7. The lowest BCUT2D eigenvalue weighted by Crippen LogP contribution is -2.28. The van der Waals surface area contributed by atoms with Gasteiger partial charge in [-0.15, -0.1) is 11.3 Å². The zero-order valence-corrected chi connectivity index (χ0v) is 15.7. The van der Waals surface area contributed by atoms with E-state index in [4.69, 9.17) is 0 Å². The van der Waals surface area contributed by atoms with Gasteiger partial charge in [-0.25, -0.2) is 12.7 Å². The topological polar surface area (TPSA) is 66.5 Å². The van der Waals surface area contributed by atoms with Gasteiger partial charge in [-0.2, -0.15) is 0 Å². The van der Waals surface area contributed by atoms with Crippen molar-refractivity contribution in [2.75, 3.05) is 18.9 Å². The Morgan fingerprint density at radius 2 is 1.96 bits per heavy atom. The molecule has 1 N–H and O–H groups in total. The van der Waals surface area contributed by atoms with Crippen molar-refractivity contribution in [3.63, 3.8) is 0 Å². The molecule has 2 rings (SSSR count). The van der Waals surface area contributed by atoms with E-state index >= 15 is 0 Å². The summed E-state index contributed by atoms with van der Waals surface area (Å²) in [5.41, 5.74) is 2.97. The number of nitrogens with zero attached hydrogens (tertiary/aromatic N) is 1. The molecule has 0 unspecified atom stereocenters. The highest BCUT2D eigenvalue weighted by Crippen LogP contribution is 2.20. The number of aryl methyl sites for hydroxylation is 1. The molecular weight excluding hydrogens is 344 g/mol. The van der Waals surface area contributed by atoms with E-state index in [1.54, 1.807) is 17.5 Å². The molecule has 0 atom stereocenters. The summed E-state index contributed by atoms with van der Waals surface area (Å²) >= 11 is 1.19. The summed E-state index contributed by atoms with van der Waals surface area (Å²) in [6.45, 7) is 4.27. The number of hydrogen-bond acceptors (Lipinski definition) is 4. The minimum absolute atomic E-state index is 0.106. The van der Waals surface area contributed by atoms with Gasteiger partial charge in [0.2, 0.25) is 5.91 Å². The van der Waals surface area contributed by atoms with Crippen LogP contribution in [-0.4, -0.2) is 32.2 Å². The summed E-state index contributed by atoms with van der Waals surface area (Å²) in [7, 11) is -1.91. The Morgan fingerprint density at radius 1 is 1.21 bits per heavy atom. The number of rotatable bonds is 7. The van der Waals surface area contributed by atoms with Gasteiger partial charge in [-0.05, 0) is 48.9 Å². The van der Waals surface area contributed by atoms with Gasteiger partial charge in [-0.1, -0.05) is 18.2 Å². The molecule has 1 aromatic carbocycles. The number of carbonyl (C=O) groups excluding carboxylic acids is 1. The zero-order valence-electron chi connectivity index (χ0n) is 14.1. The summed E-state index contributed by atoms with van der Waals surface area (Å²) in [6, 6.07) is 9.06. The fraction of sp³-hybridized carbons (Fsp3) is 0.353. The quantitative estimate of drug-likeness (QED) is 0.817. The molecule has 0 saturated carbocycles. The highest BCUT2D eigenvalue weighted by atomic mass is 32.2. The molecule has 7 heteroatoms. The number of amides is 1. The molecule has 1 heterocycles. The summed E-state index contributed by atoms with van der Waals surface area (Å²) < 4.78 is 26.2. The van der Waals surface area contributed by atoms with Crippen LogP contribution in [-0.2, 0) is 14.8 Å². The number of hydrogen-bond donors (Lipinski definition) is 1. The first-order valence-electron chi connectivity index (χ1n) is 7.68. The van der Waals surface area contributed by atoms with Crippen LogP contribution in [0.4, 0.5) is 5.69 Å². The summed E-state index contributed by atoms with van der Waals surface area (Å²) in [5.74, 6) is -0.106. The Labute approximate surface area is 147 Å². The first-order valence-corrected chi connectivity index (χ1v) is 10.0. The second-order valence-electron chi connectivity index (χ2n) is 5.66. The minimum atomic E-state index is -3.44. The Kier molecular flexibility index (Phi) is 6.15. The van der Waals surface area contributed by atoms with E-state index in [0.717, 1.165) is 16.8 Å². The van der Waals surface area contributed by atoms with Gasteiger partial charge in [0.05, 0.1) is 0 Å². The van der Waals surface area contributed by atoms with E-state index < -0.39 is 10.0 Å². The molecule has 0 aliphatic heterocycles. The third kappa shape index (κ3) is 4.43. The number of benzene rings is 1. The van der Waals surface area contributed by atoms with Crippen molar-refractivity contribution in [1.82, 2.24) is 4.31 Å². The molecule has 24 heavy (non-hydrogen) atoms. The lowest BCUT2D eigenvalue weighted by molar-refractivity contribution is -0.116. The number of anilines is 1. The van der Waals surface area contributed by atoms with Crippen LogP contribution in [0.5, 0.6) is 0 Å². The number of thiophene rings is 1.